The van der Waals surface area contributed by atoms with Crippen LogP contribution in [0.25, 0.3) is 11.6 Å². The van der Waals surface area contributed by atoms with Crippen LogP contribution in [0.4, 0.5) is 0 Å². The standard InChI is InChI=1S/C16H17N5O3S/c1-8-13(10(3)22)9(2)18-14(8)11(23)7-25-16-20-19-15(21(16)17)12-5-4-6-24-12/h4-6,18H,7,17H2,1-3H3. The van der Waals surface area contributed by atoms with Gasteiger partial charge in [-0.05, 0) is 38.5 Å². The van der Waals surface area contributed by atoms with E-state index < -0.39 is 0 Å². The fourth-order valence-corrected chi connectivity index (χ4v) is 3.44. The number of rotatable bonds is 6. The van der Waals surface area contributed by atoms with E-state index >= 15 is 0 Å². The van der Waals surface area contributed by atoms with Crippen LogP contribution in [0.3, 0.4) is 0 Å². The van der Waals surface area contributed by atoms with Crippen molar-refractivity contribution in [1.82, 2.24) is 19.9 Å². The largest absolute Gasteiger partial charge is 0.461 e. The van der Waals surface area contributed by atoms with Crippen molar-refractivity contribution in [1.29, 1.82) is 0 Å². The first-order chi connectivity index (χ1) is 11.9. The number of hydrogen-bond acceptors (Lipinski definition) is 7. The molecule has 8 nitrogen and oxygen atoms in total. The van der Waals surface area contributed by atoms with Crippen LogP contribution < -0.4 is 5.84 Å². The van der Waals surface area contributed by atoms with E-state index in [0.29, 0.717) is 39.3 Å². The van der Waals surface area contributed by atoms with Gasteiger partial charge >= 0.3 is 0 Å². The van der Waals surface area contributed by atoms with Crippen LogP contribution in [0.5, 0.6) is 0 Å². The number of aromatic amines is 1. The number of H-pyrrole nitrogens is 1. The van der Waals surface area contributed by atoms with E-state index in [2.05, 4.69) is 15.2 Å². The van der Waals surface area contributed by atoms with E-state index in [4.69, 9.17) is 10.3 Å². The number of carbonyl (C=O) groups is 2. The van der Waals surface area contributed by atoms with Gasteiger partial charge in [-0.2, -0.15) is 0 Å². The molecule has 3 heterocycles. The van der Waals surface area contributed by atoms with E-state index in [-0.39, 0.29) is 17.3 Å². The summed E-state index contributed by atoms with van der Waals surface area (Å²) in [4.78, 5) is 27.2. The molecule has 25 heavy (non-hydrogen) atoms. The molecular formula is C16H17N5O3S. The maximum Gasteiger partial charge on any atom is 0.218 e. The smallest absolute Gasteiger partial charge is 0.218 e. The predicted octanol–water partition coefficient (Wildman–Crippen LogP) is 2.37. The molecule has 0 saturated heterocycles. The summed E-state index contributed by atoms with van der Waals surface area (Å²) in [7, 11) is 0. The number of Topliss-reactive ketones (excluding diaryl/α,β-unsaturated/α-hetero) is 2. The number of hydrogen-bond donors (Lipinski definition) is 2. The normalized spacial score (nSPS) is 11.0. The van der Waals surface area contributed by atoms with Crippen molar-refractivity contribution >= 4 is 23.3 Å². The van der Waals surface area contributed by atoms with Gasteiger partial charge in [-0.15, -0.1) is 10.2 Å². The zero-order valence-electron chi connectivity index (χ0n) is 14.0. The number of thioether (sulfide) groups is 1. The summed E-state index contributed by atoms with van der Waals surface area (Å²) in [6.45, 7) is 5.03. The van der Waals surface area contributed by atoms with Gasteiger partial charge in [0.15, 0.2) is 17.3 Å². The van der Waals surface area contributed by atoms with Crippen molar-refractivity contribution in [2.45, 2.75) is 25.9 Å². The lowest BCUT2D eigenvalue weighted by Crippen LogP contribution is -2.13. The Bertz CT molecular complexity index is 940. The second-order valence-corrected chi connectivity index (χ2v) is 6.49. The summed E-state index contributed by atoms with van der Waals surface area (Å²) < 4.78 is 6.53. The molecule has 0 aromatic carbocycles. The van der Waals surface area contributed by atoms with Gasteiger partial charge in [0.1, 0.15) is 0 Å². The highest BCUT2D eigenvalue weighted by Crippen LogP contribution is 2.24. The monoisotopic (exact) mass is 359 g/mol. The van der Waals surface area contributed by atoms with Crippen molar-refractivity contribution in [2.24, 2.45) is 0 Å². The molecule has 130 valence electrons. The van der Waals surface area contributed by atoms with Crippen LogP contribution in [0.2, 0.25) is 0 Å². The van der Waals surface area contributed by atoms with Gasteiger partial charge < -0.3 is 15.2 Å². The van der Waals surface area contributed by atoms with E-state index in [1.54, 1.807) is 26.0 Å². The van der Waals surface area contributed by atoms with E-state index in [0.717, 1.165) is 0 Å². The molecule has 3 aromatic heterocycles. The second kappa shape index (κ2) is 6.60. The zero-order chi connectivity index (χ0) is 18.1. The molecule has 0 spiro atoms. The number of carbonyl (C=O) groups excluding carboxylic acids is 2. The topological polar surface area (TPSA) is 120 Å². The van der Waals surface area contributed by atoms with Gasteiger partial charge in [0.25, 0.3) is 0 Å². The molecule has 0 fully saturated rings. The molecule has 0 aliphatic heterocycles. The van der Waals surface area contributed by atoms with E-state index in [1.165, 1.54) is 29.6 Å². The summed E-state index contributed by atoms with van der Waals surface area (Å²) >= 11 is 1.17. The molecule has 3 aromatic rings. The fourth-order valence-electron chi connectivity index (χ4n) is 2.71. The molecule has 3 rings (SSSR count). The third-order valence-corrected chi connectivity index (χ3v) is 4.75. The first kappa shape index (κ1) is 17.0. The van der Waals surface area contributed by atoms with Gasteiger partial charge in [0, 0.05) is 11.3 Å². The number of furan rings is 1. The van der Waals surface area contributed by atoms with Crippen LogP contribution in [0.1, 0.15) is 39.0 Å². The molecule has 3 N–H and O–H groups in total. The molecule has 9 heteroatoms. The van der Waals surface area contributed by atoms with E-state index in [1.807, 2.05) is 0 Å². The third kappa shape index (κ3) is 3.10. The maximum absolute atomic E-state index is 12.5. The molecule has 0 saturated carbocycles. The summed E-state index contributed by atoms with van der Waals surface area (Å²) in [5.41, 5.74) is 2.36. The summed E-state index contributed by atoms with van der Waals surface area (Å²) in [6, 6.07) is 3.45. The molecule has 0 aliphatic rings. The summed E-state index contributed by atoms with van der Waals surface area (Å²) in [6.07, 6.45) is 1.52. The van der Waals surface area contributed by atoms with Gasteiger partial charge in [0.05, 0.1) is 17.7 Å². The number of aryl methyl sites for hydroxylation is 1. The summed E-state index contributed by atoms with van der Waals surface area (Å²) in [5.74, 6) is 6.75. The molecule has 0 atom stereocenters. The number of ketones is 2. The molecule has 0 unspecified atom stereocenters. The van der Waals surface area contributed by atoms with E-state index in [9.17, 15) is 9.59 Å². The quantitative estimate of drug-likeness (QED) is 0.394. The SMILES string of the molecule is CC(=O)c1c(C)[nH]c(C(=O)CSc2nnc(-c3ccco3)n2N)c1C. The lowest BCUT2D eigenvalue weighted by molar-refractivity contribution is 0.101. The molecule has 0 amide bonds. The number of aromatic nitrogens is 4. The Balaban J connectivity index is 1.76. The van der Waals surface area contributed by atoms with Crippen LogP contribution in [0.15, 0.2) is 28.0 Å². The van der Waals surface area contributed by atoms with Crippen LogP contribution in [-0.2, 0) is 0 Å². The number of nitrogen functional groups attached to an aromatic ring is 1. The van der Waals surface area contributed by atoms with Crippen LogP contribution in [-0.4, -0.2) is 37.2 Å². The molecule has 0 radical (unpaired) electrons. The Hall–Kier alpha value is -2.81. The van der Waals surface area contributed by atoms with Gasteiger partial charge in [-0.1, -0.05) is 11.8 Å². The number of nitrogens with one attached hydrogen (secondary N) is 1. The van der Waals surface area contributed by atoms with Crippen molar-refractivity contribution in [3.05, 3.63) is 40.9 Å². The van der Waals surface area contributed by atoms with Crippen molar-refractivity contribution in [3.8, 4) is 11.6 Å². The minimum absolute atomic E-state index is 0.0669. The van der Waals surface area contributed by atoms with Crippen LogP contribution in [0, 0.1) is 13.8 Å². The fraction of sp³-hybridized carbons (Fsp3) is 0.250. The maximum atomic E-state index is 12.5. The van der Waals surface area contributed by atoms with Gasteiger partial charge in [-0.25, -0.2) is 4.68 Å². The average molecular weight is 359 g/mol. The first-order valence-corrected chi connectivity index (χ1v) is 8.49. The van der Waals surface area contributed by atoms with Gasteiger partial charge in [0.2, 0.25) is 11.0 Å². The summed E-state index contributed by atoms with van der Waals surface area (Å²) in [5, 5.41) is 8.36. The minimum atomic E-state index is -0.138. The third-order valence-electron chi connectivity index (χ3n) is 3.81. The number of nitrogens with two attached hydrogens (primary N) is 1. The highest BCUT2D eigenvalue weighted by Gasteiger charge is 2.21. The molecule has 0 aliphatic carbocycles. The Morgan fingerprint density at radius 2 is 2.12 bits per heavy atom. The average Bonchev–Trinajstić information content (AvgIpc) is 3.25. The first-order valence-electron chi connectivity index (χ1n) is 7.50. The number of nitrogens with zero attached hydrogens (tertiary/aromatic N) is 3. The second-order valence-electron chi connectivity index (χ2n) is 5.55. The Kier molecular flexibility index (Phi) is 4.49. The lowest BCUT2D eigenvalue weighted by atomic mass is 10.1. The predicted molar refractivity (Wildman–Crippen MR) is 93.2 cm³/mol. The molecule has 0 bridgehead atoms. The lowest BCUT2D eigenvalue weighted by Gasteiger charge is -2.02. The van der Waals surface area contributed by atoms with Crippen LogP contribution >= 0.6 is 11.8 Å². The highest BCUT2D eigenvalue weighted by molar-refractivity contribution is 7.99. The Morgan fingerprint density at radius 3 is 2.72 bits per heavy atom. The van der Waals surface area contributed by atoms with Gasteiger partial charge in [-0.3, -0.25) is 9.59 Å². The zero-order valence-corrected chi connectivity index (χ0v) is 14.8. The Morgan fingerprint density at radius 1 is 1.36 bits per heavy atom. The highest BCUT2D eigenvalue weighted by atomic mass is 32.2. The molecular weight excluding hydrogens is 342 g/mol. The van der Waals surface area contributed by atoms with Crippen molar-refractivity contribution in [3.63, 3.8) is 0 Å². The van der Waals surface area contributed by atoms with Crippen molar-refractivity contribution in [2.75, 3.05) is 11.6 Å². The van der Waals surface area contributed by atoms with Crippen molar-refractivity contribution < 1.29 is 14.0 Å². The Labute approximate surface area is 147 Å². The minimum Gasteiger partial charge on any atom is -0.461 e.